The molecule has 1 aliphatic rings. The van der Waals surface area contributed by atoms with E-state index in [0.29, 0.717) is 6.42 Å². The van der Waals surface area contributed by atoms with Gasteiger partial charge in [-0.05, 0) is 6.07 Å². The van der Waals surface area contributed by atoms with E-state index >= 15 is 0 Å². The van der Waals surface area contributed by atoms with E-state index in [1.807, 2.05) is 24.3 Å². The van der Waals surface area contributed by atoms with Crippen LogP contribution >= 0.6 is 15.9 Å². The van der Waals surface area contributed by atoms with Crippen molar-refractivity contribution >= 4 is 32.5 Å². The largest absolute Gasteiger partial charge is 0.301 e. The molecule has 5 heteroatoms. The Bertz CT molecular complexity index is 454. The lowest BCUT2D eigenvalue weighted by atomic mass is 10.1. The van der Waals surface area contributed by atoms with Gasteiger partial charge in [-0.15, -0.1) is 0 Å². The van der Waals surface area contributed by atoms with E-state index in [4.69, 9.17) is 0 Å². The predicted octanol–water partition coefficient (Wildman–Crippen LogP) is 2.09. The summed E-state index contributed by atoms with van der Waals surface area (Å²) >= 11 is 3.40. The van der Waals surface area contributed by atoms with Gasteiger partial charge < -0.3 is 4.90 Å². The number of hydrogen-bond acceptors (Lipinski definition) is 3. The van der Waals surface area contributed by atoms with Gasteiger partial charge in [0.15, 0.2) is 5.78 Å². The van der Waals surface area contributed by atoms with E-state index in [-0.39, 0.29) is 5.78 Å². The number of rotatable bonds is 4. The van der Waals surface area contributed by atoms with Crippen LogP contribution in [-0.2, 0) is 10.8 Å². The fourth-order valence-corrected chi connectivity index (χ4v) is 3.61. The van der Waals surface area contributed by atoms with Crippen molar-refractivity contribution in [2.45, 2.75) is 6.42 Å². The molecule has 2 rings (SSSR count). The third-order valence-electron chi connectivity index (χ3n) is 3.10. The summed E-state index contributed by atoms with van der Waals surface area (Å²) in [6.45, 7) is 2.45. The highest BCUT2D eigenvalue weighted by atomic mass is 79.9. The number of hydrogen-bond donors (Lipinski definition) is 0. The summed E-state index contributed by atoms with van der Waals surface area (Å²) in [6, 6.07) is 7.51. The first-order valence-corrected chi connectivity index (χ1v) is 8.30. The Morgan fingerprint density at radius 2 is 1.94 bits per heavy atom. The third-order valence-corrected chi connectivity index (χ3v) is 5.07. The molecule has 18 heavy (non-hydrogen) atoms. The Morgan fingerprint density at radius 1 is 1.28 bits per heavy atom. The predicted molar refractivity (Wildman–Crippen MR) is 77.4 cm³/mol. The molecule has 0 aliphatic carbocycles. The van der Waals surface area contributed by atoms with Crippen LogP contribution in [0.3, 0.4) is 0 Å². The van der Waals surface area contributed by atoms with Crippen molar-refractivity contribution in [1.82, 2.24) is 4.90 Å². The molecule has 1 aliphatic heterocycles. The average Bonchev–Trinajstić information content (AvgIpc) is 2.38. The first kappa shape index (κ1) is 13.9. The van der Waals surface area contributed by atoms with Crippen LogP contribution < -0.4 is 0 Å². The van der Waals surface area contributed by atoms with E-state index in [1.165, 1.54) is 0 Å². The molecule has 0 atom stereocenters. The molecule has 0 N–H and O–H groups in total. The quantitative estimate of drug-likeness (QED) is 0.794. The molecule has 1 saturated heterocycles. The summed E-state index contributed by atoms with van der Waals surface area (Å²) in [6.07, 6.45) is 0.523. The zero-order valence-electron chi connectivity index (χ0n) is 10.1. The lowest BCUT2D eigenvalue weighted by Crippen LogP contribution is -2.38. The molecule has 1 heterocycles. The molecule has 0 spiro atoms. The van der Waals surface area contributed by atoms with Crippen LogP contribution in [0.2, 0.25) is 0 Å². The Morgan fingerprint density at radius 3 is 2.61 bits per heavy atom. The maximum Gasteiger partial charge on any atom is 0.165 e. The summed E-state index contributed by atoms with van der Waals surface area (Å²) < 4.78 is 12.1. The second-order valence-corrected chi connectivity index (χ2v) is 6.89. The summed E-state index contributed by atoms with van der Waals surface area (Å²) in [5.74, 6) is 1.64. The molecule has 0 amide bonds. The SMILES string of the molecule is O=C(CCN1CCS(=O)CC1)c1ccccc1Br. The first-order chi connectivity index (χ1) is 8.66. The van der Waals surface area contributed by atoms with E-state index < -0.39 is 10.8 Å². The normalized spacial score (nSPS) is 17.8. The van der Waals surface area contributed by atoms with E-state index in [9.17, 15) is 9.00 Å². The van der Waals surface area contributed by atoms with Crippen molar-refractivity contribution in [3.05, 3.63) is 34.3 Å². The van der Waals surface area contributed by atoms with Crippen LogP contribution in [0.25, 0.3) is 0 Å². The molecule has 0 bridgehead atoms. The van der Waals surface area contributed by atoms with Crippen LogP contribution in [0, 0.1) is 0 Å². The van der Waals surface area contributed by atoms with Gasteiger partial charge in [-0.3, -0.25) is 9.00 Å². The molecule has 0 saturated carbocycles. The van der Waals surface area contributed by atoms with Crippen molar-refractivity contribution in [2.24, 2.45) is 0 Å². The van der Waals surface area contributed by atoms with Gasteiger partial charge in [-0.2, -0.15) is 0 Å². The number of nitrogens with zero attached hydrogens (tertiary/aromatic N) is 1. The molecule has 1 fully saturated rings. The maximum atomic E-state index is 12.1. The van der Waals surface area contributed by atoms with Crippen LogP contribution in [-0.4, -0.2) is 46.0 Å². The Balaban J connectivity index is 1.85. The number of Topliss-reactive ketones (excluding diaryl/α,β-unsaturated/α-hetero) is 1. The zero-order chi connectivity index (χ0) is 13.0. The number of halogens is 1. The Kier molecular flexibility index (Phi) is 5.09. The summed E-state index contributed by atoms with van der Waals surface area (Å²) in [5, 5.41) is 0. The average molecular weight is 330 g/mol. The van der Waals surface area contributed by atoms with Gasteiger partial charge in [-0.25, -0.2) is 0 Å². The topological polar surface area (TPSA) is 37.4 Å². The van der Waals surface area contributed by atoms with Gasteiger partial charge in [0.25, 0.3) is 0 Å². The van der Waals surface area contributed by atoms with Crippen molar-refractivity contribution in [3.63, 3.8) is 0 Å². The summed E-state index contributed by atoms with van der Waals surface area (Å²) in [7, 11) is -0.649. The third kappa shape index (κ3) is 3.73. The lowest BCUT2D eigenvalue weighted by Gasteiger charge is -2.25. The van der Waals surface area contributed by atoms with E-state index in [2.05, 4.69) is 20.8 Å². The van der Waals surface area contributed by atoms with Crippen molar-refractivity contribution in [2.75, 3.05) is 31.1 Å². The fourth-order valence-electron chi connectivity index (χ4n) is 1.98. The molecule has 1 aromatic carbocycles. The van der Waals surface area contributed by atoms with Crippen molar-refractivity contribution in [3.8, 4) is 0 Å². The smallest absolute Gasteiger partial charge is 0.165 e. The molecule has 0 radical (unpaired) electrons. The van der Waals surface area contributed by atoms with Gasteiger partial charge in [-0.1, -0.05) is 34.1 Å². The minimum Gasteiger partial charge on any atom is -0.301 e. The molecule has 0 unspecified atom stereocenters. The van der Waals surface area contributed by atoms with Crippen LogP contribution in [0.15, 0.2) is 28.7 Å². The second-order valence-electron chi connectivity index (χ2n) is 4.34. The van der Waals surface area contributed by atoms with Crippen LogP contribution in [0.5, 0.6) is 0 Å². The van der Waals surface area contributed by atoms with Gasteiger partial charge in [0.05, 0.1) is 0 Å². The van der Waals surface area contributed by atoms with Gasteiger partial charge in [0, 0.05) is 58.4 Å². The molecular formula is C13H16BrNO2S. The van der Waals surface area contributed by atoms with E-state index in [0.717, 1.165) is 41.2 Å². The lowest BCUT2D eigenvalue weighted by molar-refractivity contribution is 0.0965. The first-order valence-electron chi connectivity index (χ1n) is 6.02. The highest BCUT2D eigenvalue weighted by Crippen LogP contribution is 2.17. The molecule has 98 valence electrons. The number of carbonyl (C=O) groups is 1. The van der Waals surface area contributed by atoms with Crippen LogP contribution in [0.1, 0.15) is 16.8 Å². The van der Waals surface area contributed by atoms with Crippen molar-refractivity contribution in [1.29, 1.82) is 0 Å². The summed E-state index contributed by atoms with van der Waals surface area (Å²) in [4.78, 5) is 14.3. The molecule has 1 aromatic rings. The fraction of sp³-hybridized carbons (Fsp3) is 0.462. The van der Waals surface area contributed by atoms with Gasteiger partial charge >= 0.3 is 0 Å². The highest BCUT2D eigenvalue weighted by Gasteiger charge is 2.16. The zero-order valence-corrected chi connectivity index (χ0v) is 12.5. The molecular weight excluding hydrogens is 314 g/mol. The number of carbonyl (C=O) groups excluding carboxylic acids is 1. The van der Waals surface area contributed by atoms with Crippen LogP contribution in [0.4, 0.5) is 0 Å². The van der Waals surface area contributed by atoms with E-state index in [1.54, 1.807) is 0 Å². The minimum atomic E-state index is -0.649. The second kappa shape index (κ2) is 6.59. The standard InChI is InChI=1S/C13H16BrNO2S/c14-12-4-2-1-3-11(12)13(16)5-6-15-7-9-18(17)10-8-15/h1-4H,5-10H2. The minimum absolute atomic E-state index is 0.161. The monoisotopic (exact) mass is 329 g/mol. The number of ketones is 1. The summed E-state index contributed by atoms with van der Waals surface area (Å²) in [5.41, 5.74) is 0.748. The van der Waals surface area contributed by atoms with Gasteiger partial charge in [0.2, 0.25) is 0 Å². The number of benzene rings is 1. The van der Waals surface area contributed by atoms with Crippen molar-refractivity contribution < 1.29 is 9.00 Å². The van der Waals surface area contributed by atoms with Gasteiger partial charge in [0.1, 0.15) is 0 Å². The molecule has 0 aromatic heterocycles. The molecule has 3 nitrogen and oxygen atoms in total. The maximum absolute atomic E-state index is 12.1. The Labute approximate surface area is 118 Å². The Hall–Kier alpha value is -0.520. The highest BCUT2D eigenvalue weighted by molar-refractivity contribution is 9.10.